The number of aliphatic hydroxyl groups excluding tert-OH is 1. The molecule has 1 fully saturated rings. The summed E-state index contributed by atoms with van der Waals surface area (Å²) in [5.41, 5.74) is 0. The molecule has 1 aromatic heterocycles. The van der Waals surface area contributed by atoms with Gasteiger partial charge in [-0.1, -0.05) is 12.1 Å². The van der Waals surface area contributed by atoms with E-state index in [1.807, 2.05) is 51.5 Å². The minimum absolute atomic E-state index is 0.0802. The van der Waals surface area contributed by atoms with Gasteiger partial charge in [-0.05, 0) is 32.6 Å². The molecule has 29 heavy (non-hydrogen) atoms. The zero-order valence-electron chi connectivity index (χ0n) is 17.2. The minimum Gasteiger partial charge on any atom is -0.486 e. The van der Waals surface area contributed by atoms with Crippen LogP contribution >= 0.6 is 0 Å². The summed E-state index contributed by atoms with van der Waals surface area (Å²) in [5.74, 6) is 3.23. The van der Waals surface area contributed by atoms with Gasteiger partial charge in [0.2, 0.25) is 0 Å². The highest BCUT2D eigenvalue weighted by atomic mass is 16.6. The Kier molecular flexibility index (Phi) is 5.73. The van der Waals surface area contributed by atoms with Crippen LogP contribution in [0.15, 0.2) is 36.7 Å². The number of aliphatic hydroxyl groups is 1. The Balaban J connectivity index is 1.44. The van der Waals surface area contributed by atoms with Crippen LogP contribution in [0, 0.1) is 0 Å². The van der Waals surface area contributed by atoms with E-state index in [1.165, 1.54) is 0 Å². The summed E-state index contributed by atoms with van der Waals surface area (Å²) in [4.78, 5) is 15.3. The average Bonchev–Trinajstić information content (AvgIpc) is 3.07. The van der Waals surface area contributed by atoms with Gasteiger partial charge < -0.3 is 29.3 Å². The van der Waals surface area contributed by atoms with E-state index in [9.17, 15) is 5.11 Å². The normalized spacial score (nSPS) is 23.5. The van der Waals surface area contributed by atoms with Crippen molar-refractivity contribution in [2.24, 2.45) is 0 Å². The Hall–Kier alpha value is -2.58. The number of hydrogen-bond acceptors (Lipinski definition) is 8. The second-order valence-electron chi connectivity index (χ2n) is 8.07. The molecule has 3 heterocycles. The molecule has 0 bridgehead atoms. The SMILES string of the molecule is CN(C)C[C@H]1C[C@@H](O)CN1c1cc(N(C)CC2COc3ccccc3O2)ncn1. The van der Waals surface area contributed by atoms with Crippen LogP contribution in [0.25, 0.3) is 0 Å². The van der Waals surface area contributed by atoms with Crippen molar-refractivity contribution in [3.05, 3.63) is 36.7 Å². The average molecular weight is 399 g/mol. The third-order valence-electron chi connectivity index (χ3n) is 5.34. The summed E-state index contributed by atoms with van der Waals surface area (Å²) < 4.78 is 11.9. The second kappa shape index (κ2) is 8.42. The predicted molar refractivity (Wildman–Crippen MR) is 112 cm³/mol. The van der Waals surface area contributed by atoms with Crippen molar-refractivity contribution in [3.8, 4) is 11.5 Å². The molecule has 1 N–H and O–H groups in total. The van der Waals surface area contributed by atoms with Crippen LogP contribution in [-0.2, 0) is 0 Å². The van der Waals surface area contributed by atoms with E-state index in [4.69, 9.17) is 9.47 Å². The van der Waals surface area contributed by atoms with Gasteiger partial charge >= 0.3 is 0 Å². The molecule has 1 aromatic carbocycles. The Morgan fingerprint density at radius 2 is 1.93 bits per heavy atom. The van der Waals surface area contributed by atoms with Crippen molar-refractivity contribution in [1.29, 1.82) is 0 Å². The lowest BCUT2D eigenvalue weighted by atomic mass is 10.2. The van der Waals surface area contributed by atoms with E-state index in [1.54, 1.807) is 6.33 Å². The van der Waals surface area contributed by atoms with Crippen molar-refractivity contribution in [2.75, 3.05) is 57.2 Å². The van der Waals surface area contributed by atoms with Crippen molar-refractivity contribution >= 4 is 11.6 Å². The lowest BCUT2D eigenvalue weighted by molar-refractivity contribution is 0.0959. The molecule has 4 rings (SSSR count). The Labute approximate surface area is 171 Å². The number of ether oxygens (including phenoxy) is 2. The highest BCUT2D eigenvalue weighted by molar-refractivity contribution is 5.51. The summed E-state index contributed by atoms with van der Waals surface area (Å²) >= 11 is 0. The molecular weight excluding hydrogens is 370 g/mol. The Morgan fingerprint density at radius 3 is 2.72 bits per heavy atom. The Morgan fingerprint density at radius 1 is 1.14 bits per heavy atom. The number of likely N-dealkylation sites (N-methyl/N-ethyl adjacent to an activating group) is 2. The summed E-state index contributed by atoms with van der Waals surface area (Å²) in [5, 5.41) is 10.2. The van der Waals surface area contributed by atoms with Gasteiger partial charge in [-0.2, -0.15) is 0 Å². The number of fused-ring (bicyclic) bond motifs is 1. The largest absolute Gasteiger partial charge is 0.486 e. The first-order chi connectivity index (χ1) is 14.0. The molecule has 2 aliphatic rings. The standard InChI is InChI=1S/C21H29N5O3/c1-24(2)10-15-8-16(27)11-26(15)21-9-20(22-14-23-21)25(3)12-17-13-28-18-6-4-5-7-19(18)29-17/h4-7,9,14-17,27H,8,10-13H2,1-3H3/t15-,16-,17?/m1/s1. The second-order valence-corrected chi connectivity index (χ2v) is 8.07. The van der Waals surface area contributed by atoms with Crippen LogP contribution in [0.5, 0.6) is 11.5 Å². The number of hydrogen-bond donors (Lipinski definition) is 1. The highest BCUT2D eigenvalue weighted by Gasteiger charge is 2.32. The van der Waals surface area contributed by atoms with E-state index in [2.05, 4.69) is 24.7 Å². The molecule has 1 saturated heterocycles. The monoisotopic (exact) mass is 399 g/mol. The lowest BCUT2D eigenvalue weighted by Crippen LogP contribution is -2.40. The molecule has 1 unspecified atom stereocenters. The maximum atomic E-state index is 10.2. The molecule has 2 aliphatic heterocycles. The van der Waals surface area contributed by atoms with Crippen LogP contribution in [-0.4, -0.2) is 85.6 Å². The smallest absolute Gasteiger partial charge is 0.161 e. The molecule has 0 aliphatic carbocycles. The molecule has 0 amide bonds. The third kappa shape index (κ3) is 4.54. The van der Waals surface area contributed by atoms with Gasteiger partial charge in [-0.3, -0.25) is 0 Å². The fourth-order valence-electron chi connectivity index (χ4n) is 4.02. The number of para-hydroxylation sites is 2. The summed E-state index contributed by atoms with van der Waals surface area (Å²) in [7, 11) is 6.09. The molecule has 8 nitrogen and oxygen atoms in total. The number of aromatic nitrogens is 2. The van der Waals surface area contributed by atoms with Gasteiger partial charge in [-0.25, -0.2) is 9.97 Å². The fourth-order valence-corrected chi connectivity index (χ4v) is 4.02. The molecule has 0 saturated carbocycles. The summed E-state index contributed by atoms with van der Waals surface area (Å²) in [6, 6.07) is 9.95. The zero-order valence-corrected chi connectivity index (χ0v) is 17.2. The van der Waals surface area contributed by atoms with Crippen molar-refractivity contribution in [3.63, 3.8) is 0 Å². The maximum Gasteiger partial charge on any atom is 0.161 e. The lowest BCUT2D eigenvalue weighted by Gasteiger charge is -2.31. The summed E-state index contributed by atoms with van der Waals surface area (Å²) in [6.07, 6.45) is 1.93. The molecule has 0 radical (unpaired) electrons. The molecule has 8 heteroatoms. The van der Waals surface area contributed by atoms with Crippen LogP contribution in [0.4, 0.5) is 11.6 Å². The van der Waals surface area contributed by atoms with Crippen LogP contribution in [0.2, 0.25) is 0 Å². The maximum absolute atomic E-state index is 10.2. The first-order valence-corrected chi connectivity index (χ1v) is 10.0. The highest BCUT2D eigenvalue weighted by Crippen LogP contribution is 2.31. The minimum atomic E-state index is -0.330. The quantitative estimate of drug-likeness (QED) is 0.778. The number of nitrogens with zero attached hydrogens (tertiary/aromatic N) is 5. The topological polar surface area (TPSA) is 74.2 Å². The number of rotatable bonds is 6. The molecule has 2 aromatic rings. The van der Waals surface area contributed by atoms with E-state index in [0.717, 1.165) is 36.1 Å². The van der Waals surface area contributed by atoms with Crippen LogP contribution in [0.1, 0.15) is 6.42 Å². The van der Waals surface area contributed by atoms with Gasteiger partial charge in [0.15, 0.2) is 17.6 Å². The summed E-state index contributed by atoms with van der Waals surface area (Å²) in [6.45, 7) is 2.62. The van der Waals surface area contributed by atoms with Crippen molar-refractivity contribution < 1.29 is 14.6 Å². The number of β-amino-alcohol motifs (C(OH)–C–C–N with tert-alkyl or cyclic N) is 1. The Bertz CT molecular complexity index is 833. The van der Waals surface area contributed by atoms with E-state index < -0.39 is 0 Å². The predicted octanol–water partition coefficient (Wildman–Crippen LogP) is 1.25. The van der Waals surface area contributed by atoms with Crippen LogP contribution < -0.4 is 19.3 Å². The van der Waals surface area contributed by atoms with E-state index in [-0.39, 0.29) is 18.2 Å². The van der Waals surface area contributed by atoms with Gasteiger partial charge in [0.05, 0.1) is 12.6 Å². The van der Waals surface area contributed by atoms with Crippen LogP contribution in [0.3, 0.4) is 0 Å². The van der Waals surface area contributed by atoms with Gasteiger partial charge in [0, 0.05) is 32.2 Å². The first-order valence-electron chi connectivity index (χ1n) is 10.0. The molecule has 0 spiro atoms. The van der Waals surface area contributed by atoms with E-state index in [0.29, 0.717) is 19.7 Å². The van der Waals surface area contributed by atoms with Crippen molar-refractivity contribution in [2.45, 2.75) is 24.7 Å². The van der Waals surface area contributed by atoms with Gasteiger partial charge in [-0.15, -0.1) is 0 Å². The molecule has 3 atom stereocenters. The fraction of sp³-hybridized carbons (Fsp3) is 0.524. The van der Waals surface area contributed by atoms with Gasteiger partial charge in [0.1, 0.15) is 24.6 Å². The molecular formula is C21H29N5O3. The zero-order chi connectivity index (χ0) is 20.4. The third-order valence-corrected chi connectivity index (χ3v) is 5.34. The van der Waals surface area contributed by atoms with Gasteiger partial charge in [0.25, 0.3) is 0 Å². The number of anilines is 2. The molecule has 156 valence electrons. The van der Waals surface area contributed by atoms with Crippen molar-refractivity contribution in [1.82, 2.24) is 14.9 Å². The first kappa shape index (κ1) is 19.7. The number of benzene rings is 1. The van der Waals surface area contributed by atoms with E-state index >= 15 is 0 Å².